The van der Waals surface area contributed by atoms with Gasteiger partial charge in [0.2, 0.25) is 0 Å². The number of benzene rings is 1. The van der Waals surface area contributed by atoms with Crippen molar-refractivity contribution in [2.24, 2.45) is 5.92 Å². The third kappa shape index (κ3) is 4.33. The molecule has 0 radical (unpaired) electrons. The summed E-state index contributed by atoms with van der Waals surface area (Å²) in [5.74, 6) is 0.192. The SMILES string of the molecule is CC(C)CONC(=O)c1ccc(CBr)cc1. The zero-order valence-corrected chi connectivity index (χ0v) is 11.1. The van der Waals surface area contributed by atoms with Crippen LogP contribution in [0.3, 0.4) is 0 Å². The molecule has 4 heteroatoms. The van der Waals surface area contributed by atoms with Crippen molar-refractivity contribution in [1.82, 2.24) is 5.48 Å². The van der Waals surface area contributed by atoms with Crippen LogP contribution in [0.25, 0.3) is 0 Å². The fourth-order valence-corrected chi connectivity index (χ4v) is 1.45. The van der Waals surface area contributed by atoms with Crippen molar-refractivity contribution in [1.29, 1.82) is 0 Å². The van der Waals surface area contributed by atoms with E-state index in [4.69, 9.17) is 4.84 Å². The number of alkyl halides is 1. The van der Waals surface area contributed by atoms with Gasteiger partial charge in [0.15, 0.2) is 0 Å². The molecule has 0 aliphatic carbocycles. The highest BCUT2D eigenvalue weighted by molar-refractivity contribution is 9.08. The molecule has 1 rings (SSSR count). The number of amides is 1. The Morgan fingerprint density at radius 3 is 2.50 bits per heavy atom. The first-order valence-electron chi connectivity index (χ1n) is 5.20. The molecule has 0 saturated carbocycles. The average Bonchev–Trinajstić information content (AvgIpc) is 2.28. The molecule has 0 bridgehead atoms. The lowest BCUT2D eigenvalue weighted by Gasteiger charge is -2.07. The summed E-state index contributed by atoms with van der Waals surface area (Å²) >= 11 is 3.35. The van der Waals surface area contributed by atoms with E-state index >= 15 is 0 Å². The molecule has 0 atom stereocenters. The zero-order valence-electron chi connectivity index (χ0n) is 9.50. The number of hydrogen-bond acceptors (Lipinski definition) is 2. The molecule has 88 valence electrons. The van der Waals surface area contributed by atoms with Crippen LogP contribution in [0.5, 0.6) is 0 Å². The van der Waals surface area contributed by atoms with Gasteiger partial charge in [-0.1, -0.05) is 41.9 Å². The van der Waals surface area contributed by atoms with Gasteiger partial charge in [-0.3, -0.25) is 9.63 Å². The van der Waals surface area contributed by atoms with E-state index in [0.717, 1.165) is 10.9 Å². The number of halogens is 1. The van der Waals surface area contributed by atoms with Gasteiger partial charge in [-0.05, 0) is 23.6 Å². The number of hydrogen-bond donors (Lipinski definition) is 1. The Morgan fingerprint density at radius 1 is 1.38 bits per heavy atom. The fourth-order valence-electron chi connectivity index (χ4n) is 1.08. The molecule has 16 heavy (non-hydrogen) atoms. The Morgan fingerprint density at radius 2 is 2.00 bits per heavy atom. The first-order valence-corrected chi connectivity index (χ1v) is 6.32. The highest BCUT2D eigenvalue weighted by Crippen LogP contribution is 2.07. The normalized spacial score (nSPS) is 10.5. The van der Waals surface area contributed by atoms with Crippen molar-refractivity contribution in [2.45, 2.75) is 19.2 Å². The minimum absolute atomic E-state index is 0.207. The van der Waals surface area contributed by atoms with Crippen molar-refractivity contribution in [3.8, 4) is 0 Å². The van der Waals surface area contributed by atoms with Gasteiger partial charge in [0.1, 0.15) is 0 Å². The highest BCUT2D eigenvalue weighted by atomic mass is 79.9. The van der Waals surface area contributed by atoms with Crippen LogP contribution in [0.15, 0.2) is 24.3 Å². The van der Waals surface area contributed by atoms with E-state index in [-0.39, 0.29) is 5.91 Å². The maximum Gasteiger partial charge on any atom is 0.274 e. The van der Waals surface area contributed by atoms with E-state index in [0.29, 0.717) is 18.1 Å². The predicted molar refractivity (Wildman–Crippen MR) is 67.3 cm³/mol. The van der Waals surface area contributed by atoms with E-state index in [1.54, 1.807) is 12.1 Å². The summed E-state index contributed by atoms with van der Waals surface area (Å²) in [6, 6.07) is 7.38. The summed E-state index contributed by atoms with van der Waals surface area (Å²) < 4.78 is 0. The maximum atomic E-state index is 11.6. The number of nitrogens with one attached hydrogen (secondary N) is 1. The number of rotatable bonds is 5. The predicted octanol–water partition coefficient (Wildman–Crippen LogP) is 2.90. The summed E-state index contributed by atoms with van der Waals surface area (Å²) in [5, 5.41) is 0.790. The lowest BCUT2D eigenvalue weighted by molar-refractivity contribution is 0.0208. The molecule has 0 aliphatic heterocycles. The minimum Gasteiger partial charge on any atom is -0.273 e. The fraction of sp³-hybridized carbons (Fsp3) is 0.417. The third-order valence-corrected chi connectivity index (χ3v) is 2.60. The molecular weight excluding hydrogens is 270 g/mol. The molecule has 1 aromatic rings. The van der Waals surface area contributed by atoms with Crippen LogP contribution in [0.1, 0.15) is 29.8 Å². The molecule has 1 aromatic carbocycles. The van der Waals surface area contributed by atoms with Crippen molar-refractivity contribution >= 4 is 21.8 Å². The quantitative estimate of drug-likeness (QED) is 0.667. The molecule has 3 nitrogen and oxygen atoms in total. The van der Waals surface area contributed by atoms with E-state index < -0.39 is 0 Å². The van der Waals surface area contributed by atoms with Crippen molar-refractivity contribution in [2.75, 3.05) is 6.61 Å². The molecule has 1 amide bonds. The Balaban J connectivity index is 2.46. The van der Waals surface area contributed by atoms with Crippen LogP contribution in [0, 0.1) is 5.92 Å². The van der Waals surface area contributed by atoms with Gasteiger partial charge in [-0.25, -0.2) is 5.48 Å². The number of carbonyl (C=O) groups is 1. The summed E-state index contributed by atoms with van der Waals surface area (Å²) in [7, 11) is 0. The Bertz CT molecular complexity index is 335. The van der Waals surface area contributed by atoms with E-state index in [1.807, 2.05) is 26.0 Å². The first kappa shape index (κ1) is 13.2. The smallest absolute Gasteiger partial charge is 0.273 e. The molecule has 1 N–H and O–H groups in total. The van der Waals surface area contributed by atoms with Crippen LogP contribution in [0.4, 0.5) is 0 Å². The monoisotopic (exact) mass is 285 g/mol. The van der Waals surface area contributed by atoms with Crippen molar-refractivity contribution in [3.63, 3.8) is 0 Å². The van der Waals surface area contributed by atoms with Crippen LogP contribution in [-0.2, 0) is 10.2 Å². The zero-order chi connectivity index (χ0) is 12.0. The molecule has 0 aromatic heterocycles. The Kier molecular flexibility index (Phi) is 5.49. The van der Waals surface area contributed by atoms with Crippen molar-refractivity contribution < 1.29 is 9.63 Å². The number of hydroxylamine groups is 1. The lowest BCUT2D eigenvalue weighted by Crippen LogP contribution is -2.25. The highest BCUT2D eigenvalue weighted by Gasteiger charge is 2.05. The van der Waals surface area contributed by atoms with Crippen LogP contribution >= 0.6 is 15.9 Å². The van der Waals surface area contributed by atoms with Gasteiger partial charge in [-0.2, -0.15) is 0 Å². The summed E-state index contributed by atoms with van der Waals surface area (Å²) in [6.07, 6.45) is 0. The second-order valence-corrected chi connectivity index (χ2v) is 4.53. The van der Waals surface area contributed by atoms with Gasteiger partial charge in [0.05, 0.1) is 6.61 Å². The van der Waals surface area contributed by atoms with Gasteiger partial charge in [-0.15, -0.1) is 0 Å². The summed E-state index contributed by atoms with van der Waals surface area (Å²) in [4.78, 5) is 16.6. The van der Waals surface area contributed by atoms with Crippen LogP contribution < -0.4 is 5.48 Å². The Hall–Kier alpha value is -0.870. The molecule has 0 fully saturated rings. The van der Waals surface area contributed by atoms with Gasteiger partial charge < -0.3 is 0 Å². The van der Waals surface area contributed by atoms with E-state index in [1.165, 1.54) is 0 Å². The minimum atomic E-state index is -0.207. The van der Waals surface area contributed by atoms with Crippen LogP contribution in [-0.4, -0.2) is 12.5 Å². The van der Waals surface area contributed by atoms with Gasteiger partial charge in [0, 0.05) is 10.9 Å². The standard InChI is InChI=1S/C12H16BrNO2/c1-9(2)8-16-14-12(15)11-5-3-10(7-13)4-6-11/h3-6,9H,7-8H2,1-2H3,(H,14,15). The third-order valence-electron chi connectivity index (χ3n) is 1.95. The van der Waals surface area contributed by atoms with Gasteiger partial charge in [0.25, 0.3) is 5.91 Å². The lowest BCUT2D eigenvalue weighted by atomic mass is 10.1. The summed E-state index contributed by atoms with van der Waals surface area (Å²) in [6.45, 7) is 4.57. The first-order chi connectivity index (χ1) is 7.63. The molecule has 0 saturated heterocycles. The molecule has 0 heterocycles. The molecule has 0 unspecified atom stereocenters. The van der Waals surface area contributed by atoms with E-state index in [2.05, 4.69) is 21.4 Å². The van der Waals surface area contributed by atoms with Crippen LogP contribution in [0.2, 0.25) is 0 Å². The summed E-state index contributed by atoms with van der Waals surface area (Å²) in [5.41, 5.74) is 4.16. The largest absolute Gasteiger partial charge is 0.274 e. The van der Waals surface area contributed by atoms with Gasteiger partial charge >= 0.3 is 0 Å². The van der Waals surface area contributed by atoms with Crippen molar-refractivity contribution in [3.05, 3.63) is 35.4 Å². The average molecular weight is 286 g/mol. The molecule has 0 aliphatic rings. The molecular formula is C12H16BrNO2. The number of carbonyl (C=O) groups excluding carboxylic acids is 1. The Labute approximate surface area is 104 Å². The second kappa shape index (κ2) is 6.66. The van der Waals surface area contributed by atoms with E-state index in [9.17, 15) is 4.79 Å². The topological polar surface area (TPSA) is 38.3 Å². The molecule has 0 spiro atoms. The maximum absolute atomic E-state index is 11.6. The second-order valence-electron chi connectivity index (χ2n) is 3.97.